The number of nitrogens with zero attached hydrogens (tertiary/aromatic N) is 5. The van der Waals surface area contributed by atoms with E-state index in [1.54, 1.807) is 13.0 Å². The third-order valence-corrected chi connectivity index (χ3v) is 4.76. The molecule has 2 fully saturated rings. The molecular weight excluding hydrogens is 326 g/mol. The number of aryl methyl sites for hydroxylation is 1. The lowest BCUT2D eigenvalue weighted by Crippen LogP contribution is -2.49. The number of hydrogen-bond donors (Lipinski definition) is 0. The van der Waals surface area contributed by atoms with Crippen molar-refractivity contribution >= 4 is 23.3 Å². The van der Waals surface area contributed by atoms with E-state index in [0.717, 1.165) is 32.0 Å². The fraction of sp³-hybridized carbons (Fsp3) is 0.562. The Hall–Kier alpha value is -2.55. The van der Waals surface area contributed by atoms with E-state index in [0.29, 0.717) is 31.5 Å². The summed E-state index contributed by atoms with van der Waals surface area (Å²) in [6, 6.07) is 1.75. The minimum atomic E-state index is -0.426. The molecule has 0 spiro atoms. The van der Waals surface area contributed by atoms with Crippen molar-refractivity contribution in [1.29, 1.82) is 0 Å². The summed E-state index contributed by atoms with van der Waals surface area (Å²) < 4.78 is 0. The number of nitro groups is 1. The van der Waals surface area contributed by atoms with E-state index >= 15 is 0 Å². The monoisotopic (exact) mass is 347 g/mol. The first-order valence-electron chi connectivity index (χ1n) is 8.37. The SMILES string of the molecule is Cc1cc(N2CCN(CCN3C(=O)CCC3=O)CC2)ncc1[N+](=O)[O-]. The summed E-state index contributed by atoms with van der Waals surface area (Å²) in [5, 5.41) is 10.9. The molecule has 3 heterocycles. The Kier molecular flexibility index (Phi) is 4.93. The molecule has 0 bridgehead atoms. The number of carbonyl (C=O) groups is 2. The van der Waals surface area contributed by atoms with Crippen LogP contribution >= 0.6 is 0 Å². The van der Waals surface area contributed by atoms with Gasteiger partial charge in [-0.1, -0.05) is 0 Å². The molecule has 134 valence electrons. The van der Waals surface area contributed by atoms with E-state index in [1.165, 1.54) is 11.1 Å². The van der Waals surface area contributed by atoms with Gasteiger partial charge in [0, 0.05) is 57.7 Å². The number of hydrogen-bond acceptors (Lipinski definition) is 7. The number of imide groups is 1. The molecule has 0 aliphatic carbocycles. The van der Waals surface area contributed by atoms with Gasteiger partial charge in [0.15, 0.2) is 0 Å². The molecule has 0 N–H and O–H groups in total. The Morgan fingerprint density at radius 2 is 1.76 bits per heavy atom. The summed E-state index contributed by atoms with van der Waals surface area (Å²) in [4.78, 5) is 43.6. The molecule has 2 aliphatic rings. The predicted octanol–water partition coefficient (Wildman–Crippen LogP) is 0.569. The lowest BCUT2D eigenvalue weighted by Gasteiger charge is -2.35. The quantitative estimate of drug-likeness (QED) is 0.436. The van der Waals surface area contributed by atoms with Crippen molar-refractivity contribution in [3.05, 3.63) is 27.9 Å². The topological polar surface area (TPSA) is 99.9 Å². The lowest BCUT2D eigenvalue weighted by atomic mass is 10.2. The minimum Gasteiger partial charge on any atom is -0.354 e. The maximum atomic E-state index is 11.6. The van der Waals surface area contributed by atoms with E-state index in [9.17, 15) is 19.7 Å². The Bertz CT molecular complexity index is 684. The second-order valence-electron chi connectivity index (χ2n) is 6.35. The molecule has 0 unspecified atom stereocenters. The van der Waals surface area contributed by atoms with Crippen molar-refractivity contribution in [2.24, 2.45) is 0 Å². The van der Waals surface area contributed by atoms with Gasteiger partial charge in [-0.2, -0.15) is 0 Å². The van der Waals surface area contributed by atoms with Crippen LogP contribution in [0.3, 0.4) is 0 Å². The van der Waals surface area contributed by atoms with Crippen LogP contribution < -0.4 is 4.90 Å². The maximum Gasteiger partial charge on any atom is 0.290 e. The van der Waals surface area contributed by atoms with Gasteiger partial charge in [0.2, 0.25) is 11.8 Å². The van der Waals surface area contributed by atoms with E-state index in [1.807, 2.05) is 0 Å². The number of amides is 2. The fourth-order valence-corrected chi connectivity index (χ4v) is 3.21. The normalized spacial score (nSPS) is 18.9. The second-order valence-corrected chi connectivity index (χ2v) is 6.35. The van der Waals surface area contributed by atoms with Crippen molar-refractivity contribution < 1.29 is 14.5 Å². The summed E-state index contributed by atoms with van der Waals surface area (Å²) in [6.45, 7) is 5.95. The first-order valence-corrected chi connectivity index (χ1v) is 8.37. The van der Waals surface area contributed by atoms with E-state index in [2.05, 4.69) is 14.8 Å². The summed E-state index contributed by atoms with van der Waals surface area (Å²) in [6.07, 6.45) is 1.97. The zero-order valence-corrected chi connectivity index (χ0v) is 14.2. The largest absolute Gasteiger partial charge is 0.354 e. The van der Waals surface area contributed by atoms with Crippen LogP contribution in [0.4, 0.5) is 11.5 Å². The third kappa shape index (κ3) is 3.76. The predicted molar refractivity (Wildman–Crippen MR) is 90.2 cm³/mol. The molecular formula is C16H21N5O4. The molecule has 2 amide bonds. The van der Waals surface area contributed by atoms with Gasteiger partial charge in [-0.15, -0.1) is 0 Å². The van der Waals surface area contributed by atoms with Crippen LogP contribution in [0.2, 0.25) is 0 Å². The van der Waals surface area contributed by atoms with Gasteiger partial charge < -0.3 is 4.90 Å². The van der Waals surface area contributed by atoms with Gasteiger partial charge in [0.05, 0.1) is 4.92 Å². The van der Waals surface area contributed by atoms with Crippen LogP contribution in [-0.4, -0.2) is 70.8 Å². The highest BCUT2D eigenvalue weighted by Gasteiger charge is 2.29. The van der Waals surface area contributed by atoms with Gasteiger partial charge in [0.1, 0.15) is 12.0 Å². The van der Waals surface area contributed by atoms with Crippen LogP contribution in [0, 0.1) is 17.0 Å². The van der Waals surface area contributed by atoms with Crippen molar-refractivity contribution in [1.82, 2.24) is 14.8 Å². The Morgan fingerprint density at radius 1 is 1.12 bits per heavy atom. The highest BCUT2D eigenvalue weighted by Crippen LogP contribution is 2.22. The molecule has 9 heteroatoms. The molecule has 1 aromatic heterocycles. The van der Waals surface area contributed by atoms with E-state index in [-0.39, 0.29) is 17.5 Å². The van der Waals surface area contributed by atoms with Crippen LogP contribution in [0.1, 0.15) is 18.4 Å². The molecule has 2 aliphatic heterocycles. The van der Waals surface area contributed by atoms with Crippen molar-refractivity contribution in [3.8, 4) is 0 Å². The maximum absolute atomic E-state index is 11.6. The molecule has 0 radical (unpaired) electrons. The molecule has 2 saturated heterocycles. The summed E-state index contributed by atoms with van der Waals surface area (Å²) in [5.41, 5.74) is 0.630. The van der Waals surface area contributed by atoms with Gasteiger partial charge in [0.25, 0.3) is 5.69 Å². The molecule has 9 nitrogen and oxygen atoms in total. The van der Waals surface area contributed by atoms with Crippen molar-refractivity contribution in [2.45, 2.75) is 19.8 Å². The van der Waals surface area contributed by atoms with Crippen LogP contribution in [0.15, 0.2) is 12.3 Å². The first-order chi connectivity index (χ1) is 12.0. The second kappa shape index (κ2) is 7.14. The molecule has 0 saturated carbocycles. The average molecular weight is 347 g/mol. The van der Waals surface area contributed by atoms with Gasteiger partial charge in [-0.25, -0.2) is 4.98 Å². The zero-order valence-electron chi connectivity index (χ0n) is 14.2. The number of aromatic nitrogens is 1. The third-order valence-electron chi connectivity index (χ3n) is 4.76. The average Bonchev–Trinajstić information content (AvgIpc) is 2.91. The van der Waals surface area contributed by atoms with Crippen LogP contribution in [0.25, 0.3) is 0 Å². The number of carbonyl (C=O) groups excluding carboxylic acids is 2. The minimum absolute atomic E-state index is 0.0299. The van der Waals surface area contributed by atoms with Crippen molar-refractivity contribution in [2.75, 3.05) is 44.2 Å². The molecule has 3 rings (SSSR count). The van der Waals surface area contributed by atoms with Crippen molar-refractivity contribution in [3.63, 3.8) is 0 Å². The molecule has 0 atom stereocenters. The number of piperazine rings is 1. The Balaban J connectivity index is 1.52. The highest BCUT2D eigenvalue weighted by atomic mass is 16.6. The van der Waals surface area contributed by atoms with E-state index in [4.69, 9.17) is 0 Å². The van der Waals surface area contributed by atoms with Crippen LogP contribution in [-0.2, 0) is 9.59 Å². The first kappa shape index (κ1) is 17.3. The molecule has 0 aromatic carbocycles. The Labute approximate surface area is 145 Å². The molecule has 1 aromatic rings. The van der Waals surface area contributed by atoms with E-state index < -0.39 is 4.92 Å². The summed E-state index contributed by atoms with van der Waals surface area (Å²) in [5.74, 6) is 0.594. The lowest BCUT2D eigenvalue weighted by molar-refractivity contribution is -0.385. The number of anilines is 1. The fourth-order valence-electron chi connectivity index (χ4n) is 3.21. The molecule has 25 heavy (non-hydrogen) atoms. The Morgan fingerprint density at radius 3 is 2.32 bits per heavy atom. The highest BCUT2D eigenvalue weighted by molar-refractivity contribution is 6.01. The number of pyridine rings is 1. The summed E-state index contributed by atoms with van der Waals surface area (Å²) >= 11 is 0. The van der Waals surface area contributed by atoms with Gasteiger partial charge in [-0.05, 0) is 13.0 Å². The van der Waals surface area contributed by atoms with Crippen LogP contribution in [0.5, 0.6) is 0 Å². The standard InChI is InChI=1S/C16H21N5O4/c1-12-10-14(17-11-13(12)21(24)25)19-7-4-18(5-8-19)6-9-20-15(22)2-3-16(20)23/h10-11H,2-9H2,1H3. The van der Waals surface area contributed by atoms with Gasteiger partial charge in [-0.3, -0.25) is 29.5 Å². The number of rotatable bonds is 5. The zero-order chi connectivity index (χ0) is 18.0. The summed E-state index contributed by atoms with van der Waals surface area (Å²) in [7, 11) is 0. The smallest absolute Gasteiger partial charge is 0.290 e. The number of likely N-dealkylation sites (tertiary alicyclic amines) is 1. The van der Waals surface area contributed by atoms with Gasteiger partial charge >= 0.3 is 0 Å².